The van der Waals surface area contributed by atoms with Gasteiger partial charge in [0, 0.05) is 12.7 Å². The highest BCUT2D eigenvalue weighted by atomic mass is 16.4. The summed E-state index contributed by atoms with van der Waals surface area (Å²) in [6.45, 7) is 0. The molecule has 0 saturated heterocycles. The minimum absolute atomic E-state index is 0.507. The van der Waals surface area contributed by atoms with Crippen LogP contribution >= 0.6 is 0 Å². The van der Waals surface area contributed by atoms with Gasteiger partial charge in [-0.1, -0.05) is 18.2 Å². The Morgan fingerprint density at radius 1 is 1.50 bits per heavy atom. The van der Waals surface area contributed by atoms with Gasteiger partial charge >= 0.3 is 5.97 Å². The van der Waals surface area contributed by atoms with Crippen molar-refractivity contribution in [1.29, 1.82) is 0 Å². The first kappa shape index (κ1) is 12.5. The zero-order valence-corrected chi connectivity index (χ0v) is 9.44. The zero-order chi connectivity index (χ0) is 12.0. The molecule has 1 atom stereocenters. The Morgan fingerprint density at radius 2 is 2.19 bits per heavy atom. The van der Waals surface area contributed by atoms with Crippen molar-refractivity contribution in [3.05, 3.63) is 29.8 Å². The number of para-hydroxylation sites is 1. The van der Waals surface area contributed by atoms with Crippen LogP contribution in [0.5, 0.6) is 0 Å². The largest absolute Gasteiger partial charge is 0.480 e. The smallest absolute Gasteiger partial charge is 0.320 e. The van der Waals surface area contributed by atoms with Crippen molar-refractivity contribution in [2.24, 2.45) is 5.73 Å². The van der Waals surface area contributed by atoms with E-state index in [0.29, 0.717) is 6.42 Å². The molecule has 1 rings (SSSR count). The third-order valence-electron chi connectivity index (χ3n) is 2.57. The van der Waals surface area contributed by atoms with Gasteiger partial charge in [-0.3, -0.25) is 4.79 Å². The van der Waals surface area contributed by atoms with E-state index < -0.39 is 12.0 Å². The zero-order valence-electron chi connectivity index (χ0n) is 9.44. The summed E-state index contributed by atoms with van der Waals surface area (Å²) in [5.41, 5.74) is 7.72. The number of anilines is 1. The number of hydrogen-bond donors (Lipinski definition) is 3. The number of benzene rings is 1. The summed E-state index contributed by atoms with van der Waals surface area (Å²) < 4.78 is 0. The standard InChI is InChI=1S/C12H18N2O2/c1-14-11-8-3-2-5-9(11)6-4-7-10(13)12(15)16/h2-3,5,8,10,14H,4,6-7,13H2,1H3,(H,15,16). The average molecular weight is 222 g/mol. The lowest BCUT2D eigenvalue weighted by atomic mass is 10.0. The monoisotopic (exact) mass is 222 g/mol. The third kappa shape index (κ3) is 3.55. The Hall–Kier alpha value is -1.55. The molecule has 16 heavy (non-hydrogen) atoms. The number of rotatable bonds is 6. The summed E-state index contributed by atoms with van der Waals surface area (Å²) in [7, 11) is 1.88. The van der Waals surface area contributed by atoms with Crippen LogP contribution in [0.15, 0.2) is 24.3 Å². The van der Waals surface area contributed by atoms with Gasteiger partial charge in [0.2, 0.25) is 0 Å². The van der Waals surface area contributed by atoms with Crippen LogP contribution in [0.1, 0.15) is 18.4 Å². The number of nitrogens with two attached hydrogens (primary N) is 1. The summed E-state index contributed by atoms with van der Waals surface area (Å²) in [4.78, 5) is 10.5. The molecular formula is C12H18N2O2. The highest BCUT2D eigenvalue weighted by molar-refractivity contribution is 5.72. The Labute approximate surface area is 95.5 Å². The molecule has 0 heterocycles. The number of nitrogens with one attached hydrogen (secondary N) is 1. The Morgan fingerprint density at radius 3 is 2.81 bits per heavy atom. The molecule has 88 valence electrons. The van der Waals surface area contributed by atoms with Gasteiger partial charge in [0.1, 0.15) is 6.04 Å². The van der Waals surface area contributed by atoms with E-state index >= 15 is 0 Å². The molecule has 4 heteroatoms. The van der Waals surface area contributed by atoms with E-state index in [1.165, 1.54) is 5.56 Å². The van der Waals surface area contributed by atoms with Gasteiger partial charge in [-0.25, -0.2) is 0 Å². The van der Waals surface area contributed by atoms with Crippen molar-refractivity contribution in [2.75, 3.05) is 12.4 Å². The molecule has 0 bridgehead atoms. The van der Waals surface area contributed by atoms with Crippen LogP contribution in [-0.4, -0.2) is 24.2 Å². The van der Waals surface area contributed by atoms with E-state index in [4.69, 9.17) is 10.8 Å². The van der Waals surface area contributed by atoms with Crippen LogP contribution in [0.3, 0.4) is 0 Å². The summed E-state index contributed by atoms with van der Waals surface area (Å²) in [6.07, 6.45) is 2.14. The van der Waals surface area contributed by atoms with Gasteiger partial charge in [-0.15, -0.1) is 0 Å². The van der Waals surface area contributed by atoms with Crippen LogP contribution in [0.25, 0.3) is 0 Å². The van der Waals surface area contributed by atoms with Crippen molar-refractivity contribution >= 4 is 11.7 Å². The first-order valence-corrected chi connectivity index (χ1v) is 5.39. The minimum Gasteiger partial charge on any atom is -0.480 e. The molecule has 0 radical (unpaired) electrons. The Bertz CT molecular complexity index is 353. The predicted octanol–water partition coefficient (Wildman–Crippen LogP) is 1.46. The molecule has 4 N–H and O–H groups in total. The molecule has 0 aliphatic carbocycles. The summed E-state index contributed by atoms with van der Waals surface area (Å²) in [6, 6.07) is 7.25. The Kier molecular flexibility index (Phi) is 4.79. The number of carbonyl (C=O) groups is 1. The van der Waals surface area contributed by atoms with Crippen molar-refractivity contribution < 1.29 is 9.90 Å². The lowest BCUT2D eigenvalue weighted by Crippen LogP contribution is -2.29. The maximum atomic E-state index is 10.5. The van der Waals surface area contributed by atoms with E-state index in [0.717, 1.165) is 18.5 Å². The molecule has 0 amide bonds. The fraction of sp³-hybridized carbons (Fsp3) is 0.417. The fourth-order valence-electron chi connectivity index (χ4n) is 1.62. The summed E-state index contributed by atoms with van der Waals surface area (Å²) >= 11 is 0. The first-order valence-electron chi connectivity index (χ1n) is 5.39. The van der Waals surface area contributed by atoms with Gasteiger partial charge in [0.25, 0.3) is 0 Å². The van der Waals surface area contributed by atoms with Gasteiger partial charge < -0.3 is 16.2 Å². The summed E-state index contributed by atoms with van der Waals surface area (Å²) in [5.74, 6) is -0.929. The van der Waals surface area contributed by atoms with Crippen molar-refractivity contribution in [2.45, 2.75) is 25.3 Å². The predicted molar refractivity (Wildman–Crippen MR) is 64.5 cm³/mol. The first-order chi connectivity index (χ1) is 7.65. The van der Waals surface area contributed by atoms with E-state index in [-0.39, 0.29) is 0 Å². The van der Waals surface area contributed by atoms with E-state index in [9.17, 15) is 4.79 Å². The molecule has 1 aromatic carbocycles. The number of aliphatic carboxylic acids is 1. The van der Waals surface area contributed by atoms with Crippen LogP contribution in [0.2, 0.25) is 0 Å². The van der Waals surface area contributed by atoms with Gasteiger partial charge in [0.05, 0.1) is 0 Å². The van der Waals surface area contributed by atoms with Crippen molar-refractivity contribution in [3.63, 3.8) is 0 Å². The van der Waals surface area contributed by atoms with Crippen LogP contribution < -0.4 is 11.1 Å². The maximum absolute atomic E-state index is 10.5. The molecule has 0 aromatic heterocycles. The lowest BCUT2D eigenvalue weighted by molar-refractivity contribution is -0.138. The molecule has 1 unspecified atom stereocenters. The number of aryl methyl sites for hydroxylation is 1. The van der Waals surface area contributed by atoms with Crippen molar-refractivity contribution in [3.8, 4) is 0 Å². The third-order valence-corrected chi connectivity index (χ3v) is 2.57. The van der Waals surface area contributed by atoms with Gasteiger partial charge in [-0.2, -0.15) is 0 Å². The highest BCUT2D eigenvalue weighted by Crippen LogP contribution is 2.16. The van der Waals surface area contributed by atoms with E-state index in [1.54, 1.807) is 0 Å². The van der Waals surface area contributed by atoms with Crippen LogP contribution in [-0.2, 0) is 11.2 Å². The molecule has 4 nitrogen and oxygen atoms in total. The second-order valence-corrected chi connectivity index (χ2v) is 3.74. The van der Waals surface area contributed by atoms with E-state index in [2.05, 4.69) is 5.32 Å². The SMILES string of the molecule is CNc1ccccc1CCCC(N)C(=O)O. The van der Waals surface area contributed by atoms with Gasteiger partial charge in [0.15, 0.2) is 0 Å². The second-order valence-electron chi connectivity index (χ2n) is 3.74. The topological polar surface area (TPSA) is 75.3 Å². The molecule has 0 saturated carbocycles. The number of hydrogen-bond acceptors (Lipinski definition) is 3. The lowest BCUT2D eigenvalue weighted by Gasteiger charge is -2.09. The molecular weight excluding hydrogens is 204 g/mol. The molecule has 0 spiro atoms. The number of carboxylic acid groups (broad SMARTS) is 1. The minimum atomic E-state index is -0.929. The molecule has 0 fully saturated rings. The normalized spacial score (nSPS) is 12.1. The summed E-state index contributed by atoms with van der Waals surface area (Å²) in [5, 5.41) is 11.8. The number of carboxylic acids is 1. The molecule has 1 aromatic rings. The molecule has 0 aliphatic rings. The van der Waals surface area contributed by atoms with Crippen LogP contribution in [0.4, 0.5) is 5.69 Å². The van der Waals surface area contributed by atoms with Crippen LogP contribution in [0, 0.1) is 0 Å². The fourth-order valence-corrected chi connectivity index (χ4v) is 1.62. The highest BCUT2D eigenvalue weighted by Gasteiger charge is 2.10. The average Bonchev–Trinajstić information content (AvgIpc) is 2.29. The van der Waals surface area contributed by atoms with Crippen molar-refractivity contribution in [1.82, 2.24) is 0 Å². The second kappa shape index (κ2) is 6.12. The Balaban J connectivity index is 2.45. The maximum Gasteiger partial charge on any atom is 0.320 e. The van der Waals surface area contributed by atoms with E-state index in [1.807, 2.05) is 31.3 Å². The molecule has 0 aliphatic heterocycles. The quantitative estimate of drug-likeness (QED) is 0.681. The van der Waals surface area contributed by atoms with Gasteiger partial charge in [-0.05, 0) is 30.9 Å².